The van der Waals surface area contributed by atoms with Gasteiger partial charge in [0.05, 0.1) is 12.5 Å². The van der Waals surface area contributed by atoms with E-state index in [-0.39, 0.29) is 17.7 Å². The molecule has 0 spiro atoms. The number of amides is 2. The Kier molecular flexibility index (Phi) is 7.83. The van der Waals surface area contributed by atoms with Crippen molar-refractivity contribution in [2.75, 3.05) is 33.4 Å². The van der Waals surface area contributed by atoms with Crippen LogP contribution in [0.3, 0.4) is 0 Å². The third-order valence-electron chi connectivity index (χ3n) is 6.05. The van der Waals surface area contributed by atoms with Crippen LogP contribution in [0.5, 0.6) is 0 Å². The van der Waals surface area contributed by atoms with Crippen LogP contribution in [0.15, 0.2) is 24.5 Å². The molecule has 1 aromatic rings. The summed E-state index contributed by atoms with van der Waals surface area (Å²) >= 11 is 0. The lowest BCUT2D eigenvalue weighted by Crippen LogP contribution is -2.48. The topological polar surface area (TPSA) is 62.7 Å². The summed E-state index contributed by atoms with van der Waals surface area (Å²) in [4.78, 5) is 33.6. The lowest BCUT2D eigenvalue weighted by atomic mass is 9.87. The molecule has 0 N–H and O–H groups in total. The molecule has 154 valence electrons. The number of hydrogen-bond donors (Lipinski definition) is 0. The van der Waals surface area contributed by atoms with Crippen LogP contribution in [0.1, 0.15) is 50.5 Å². The summed E-state index contributed by atoms with van der Waals surface area (Å²) in [6.45, 7) is 3.01. The van der Waals surface area contributed by atoms with Crippen LogP contribution in [0.2, 0.25) is 0 Å². The van der Waals surface area contributed by atoms with E-state index in [9.17, 15) is 9.59 Å². The van der Waals surface area contributed by atoms with Gasteiger partial charge in [-0.15, -0.1) is 0 Å². The molecule has 6 nitrogen and oxygen atoms in total. The molecule has 2 amide bonds. The minimum atomic E-state index is -0.111. The molecule has 2 fully saturated rings. The molecule has 28 heavy (non-hydrogen) atoms. The lowest BCUT2D eigenvalue weighted by Gasteiger charge is -2.37. The Morgan fingerprint density at radius 3 is 2.68 bits per heavy atom. The number of piperidine rings is 1. The Hall–Kier alpha value is -1.95. The molecular formula is C22H33N3O3. The van der Waals surface area contributed by atoms with Gasteiger partial charge in [-0.3, -0.25) is 14.6 Å². The normalized spacial score (nSPS) is 21.0. The highest BCUT2D eigenvalue weighted by molar-refractivity contribution is 5.84. The zero-order chi connectivity index (χ0) is 19.8. The molecule has 1 aromatic heterocycles. The summed E-state index contributed by atoms with van der Waals surface area (Å²) in [5.74, 6) is 0.843. The second-order valence-corrected chi connectivity index (χ2v) is 8.15. The standard InChI is InChI=1S/C22H33N3O3/c1-28-14-13-24(15-19-9-11-23-12-10-19)22(27)20-7-8-21(26)25(17-20)16-18-5-3-2-4-6-18/h9-12,18,20H,2-8,13-17H2,1H3/t20-/m0/s1. The van der Waals surface area contributed by atoms with E-state index < -0.39 is 0 Å². The Balaban J connectivity index is 1.62. The molecule has 6 heteroatoms. The predicted molar refractivity (Wildman–Crippen MR) is 107 cm³/mol. The van der Waals surface area contributed by atoms with Gasteiger partial charge in [0.1, 0.15) is 0 Å². The monoisotopic (exact) mass is 387 g/mol. The minimum absolute atomic E-state index is 0.111. The largest absolute Gasteiger partial charge is 0.383 e. The summed E-state index contributed by atoms with van der Waals surface area (Å²) in [7, 11) is 1.65. The molecule has 0 bridgehead atoms. The molecule has 3 rings (SSSR count). The lowest BCUT2D eigenvalue weighted by molar-refractivity contribution is -0.144. The number of likely N-dealkylation sites (tertiary alicyclic amines) is 1. The molecule has 2 aliphatic rings. The van der Waals surface area contributed by atoms with Gasteiger partial charge >= 0.3 is 0 Å². The molecule has 0 unspecified atom stereocenters. The summed E-state index contributed by atoms with van der Waals surface area (Å²) in [5.41, 5.74) is 1.06. The fourth-order valence-electron chi connectivity index (χ4n) is 4.41. The van der Waals surface area contributed by atoms with Crippen molar-refractivity contribution in [1.82, 2.24) is 14.8 Å². The van der Waals surface area contributed by atoms with Gasteiger partial charge in [0.15, 0.2) is 0 Å². The van der Waals surface area contributed by atoms with Crippen molar-refractivity contribution < 1.29 is 14.3 Å². The smallest absolute Gasteiger partial charge is 0.227 e. The maximum Gasteiger partial charge on any atom is 0.227 e. The number of aromatic nitrogens is 1. The molecule has 0 radical (unpaired) electrons. The van der Waals surface area contributed by atoms with Gasteiger partial charge in [-0.25, -0.2) is 0 Å². The molecule has 0 aromatic carbocycles. The van der Waals surface area contributed by atoms with Crippen molar-refractivity contribution >= 4 is 11.8 Å². The first-order chi connectivity index (χ1) is 13.7. The van der Waals surface area contributed by atoms with E-state index >= 15 is 0 Å². The SMILES string of the molecule is COCCN(Cc1ccncc1)C(=O)[C@H]1CCC(=O)N(CC2CCCCC2)C1. The first kappa shape index (κ1) is 20.8. The maximum atomic E-state index is 13.3. The van der Waals surface area contributed by atoms with E-state index in [0.29, 0.717) is 45.0 Å². The highest BCUT2D eigenvalue weighted by Crippen LogP contribution is 2.27. The molecule has 1 saturated carbocycles. The summed E-state index contributed by atoms with van der Waals surface area (Å²) in [5, 5.41) is 0. The first-order valence-corrected chi connectivity index (χ1v) is 10.6. The average molecular weight is 388 g/mol. The number of carbonyl (C=O) groups is 2. The van der Waals surface area contributed by atoms with Gasteiger partial charge in [0, 0.05) is 52.1 Å². The number of nitrogens with zero attached hydrogens (tertiary/aromatic N) is 3. The second-order valence-electron chi connectivity index (χ2n) is 8.15. The highest BCUT2D eigenvalue weighted by atomic mass is 16.5. The zero-order valence-electron chi connectivity index (χ0n) is 17.0. The van der Waals surface area contributed by atoms with Crippen molar-refractivity contribution in [3.8, 4) is 0 Å². The molecule has 1 aliphatic carbocycles. The number of methoxy groups -OCH3 is 1. The highest BCUT2D eigenvalue weighted by Gasteiger charge is 2.33. The van der Waals surface area contributed by atoms with Crippen LogP contribution in [0.25, 0.3) is 0 Å². The van der Waals surface area contributed by atoms with Gasteiger partial charge in [0.2, 0.25) is 11.8 Å². The van der Waals surface area contributed by atoms with Crippen molar-refractivity contribution in [2.24, 2.45) is 11.8 Å². The van der Waals surface area contributed by atoms with E-state index in [1.54, 1.807) is 19.5 Å². The number of carbonyl (C=O) groups excluding carboxylic acids is 2. The zero-order valence-corrected chi connectivity index (χ0v) is 17.0. The number of hydrogen-bond acceptors (Lipinski definition) is 4. The summed E-state index contributed by atoms with van der Waals surface area (Å²) in [6, 6.07) is 3.87. The summed E-state index contributed by atoms with van der Waals surface area (Å²) < 4.78 is 5.22. The molecule has 1 saturated heterocycles. The Morgan fingerprint density at radius 2 is 1.96 bits per heavy atom. The Morgan fingerprint density at radius 1 is 1.21 bits per heavy atom. The van der Waals surface area contributed by atoms with Crippen molar-refractivity contribution in [3.05, 3.63) is 30.1 Å². The van der Waals surface area contributed by atoms with Crippen LogP contribution in [0.4, 0.5) is 0 Å². The van der Waals surface area contributed by atoms with Crippen LogP contribution in [-0.4, -0.2) is 59.9 Å². The second kappa shape index (κ2) is 10.6. The Labute approximate surface area is 168 Å². The maximum absolute atomic E-state index is 13.3. The third-order valence-corrected chi connectivity index (χ3v) is 6.05. The van der Waals surface area contributed by atoms with Crippen LogP contribution in [0, 0.1) is 11.8 Å². The fourth-order valence-corrected chi connectivity index (χ4v) is 4.41. The van der Waals surface area contributed by atoms with Crippen LogP contribution >= 0.6 is 0 Å². The number of pyridine rings is 1. The fraction of sp³-hybridized carbons (Fsp3) is 0.682. The van der Waals surface area contributed by atoms with Gasteiger partial charge in [0.25, 0.3) is 0 Å². The molecule has 1 atom stereocenters. The van der Waals surface area contributed by atoms with E-state index in [4.69, 9.17) is 4.74 Å². The third kappa shape index (κ3) is 5.77. The molecular weight excluding hydrogens is 354 g/mol. The molecule has 2 heterocycles. The van der Waals surface area contributed by atoms with Crippen LogP contribution in [-0.2, 0) is 20.9 Å². The van der Waals surface area contributed by atoms with Crippen LogP contribution < -0.4 is 0 Å². The van der Waals surface area contributed by atoms with Crippen molar-refractivity contribution in [1.29, 1.82) is 0 Å². The minimum Gasteiger partial charge on any atom is -0.383 e. The van der Waals surface area contributed by atoms with E-state index in [1.165, 1.54) is 32.1 Å². The van der Waals surface area contributed by atoms with Crippen molar-refractivity contribution in [2.45, 2.75) is 51.5 Å². The van der Waals surface area contributed by atoms with Crippen molar-refractivity contribution in [3.63, 3.8) is 0 Å². The predicted octanol–water partition coefficient (Wildman–Crippen LogP) is 2.88. The van der Waals surface area contributed by atoms with E-state index in [0.717, 1.165) is 12.1 Å². The average Bonchev–Trinajstić information content (AvgIpc) is 2.73. The number of rotatable bonds is 8. The summed E-state index contributed by atoms with van der Waals surface area (Å²) in [6.07, 6.45) is 10.9. The first-order valence-electron chi connectivity index (χ1n) is 10.6. The van der Waals surface area contributed by atoms with Gasteiger partial charge in [-0.2, -0.15) is 0 Å². The quantitative estimate of drug-likeness (QED) is 0.688. The van der Waals surface area contributed by atoms with Gasteiger partial charge < -0.3 is 14.5 Å². The van der Waals surface area contributed by atoms with Gasteiger partial charge in [-0.05, 0) is 42.9 Å². The molecule has 1 aliphatic heterocycles. The van der Waals surface area contributed by atoms with E-state index in [2.05, 4.69) is 4.98 Å². The Bertz CT molecular complexity index is 631. The number of ether oxygens (including phenoxy) is 1. The van der Waals surface area contributed by atoms with Gasteiger partial charge in [-0.1, -0.05) is 19.3 Å². The van der Waals surface area contributed by atoms with E-state index in [1.807, 2.05) is 21.9 Å².